The van der Waals surface area contributed by atoms with Crippen molar-refractivity contribution < 1.29 is 19.1 Å². The molecule has 2 amide bonds. The minimum absolute atomic E-state index is 0.229. The van der Waals surface area contributed by atoms with Crippen molar-refractivity contribution in [1.29, 1.82) is 0 Å². The van der Waals surface area contributed by atoms with E-state index in [1.807, 2.05) is 44.2 Å². The van der Waals surface area contributed by atoms with Crippen LogP contribution in [-0.2, 0) is 6.54 Å². The Labute approximate surface area is 185 Å². The van der Waals surface area contributed by atoms with Crippen LogP contribution in [0.1, 0.15) is 40.1 Å². The molecular weight excluding hydrogens is 410 g/mol. The molecule has 1 heterocycles. The maximum Gasteiger partial charge on any atom is 0.271 e. The largest absolute Gasteiger partial charge is 0.490 e. The first kappa shape index (κ1) is 22.6. The van der Waals surface area contributed by atoms with Crippen LogP contribution in [0.4, 0.5) is 0 Å². The number of ether oxygens (including phenoxy) is 2. The lowest BCUT2D eigenvalue weighted by Gasteiger charge is -2.13. The highest BCUT2D eigenvalue weighted by Gasteiger charge is 2.14. The van der Waals surface area contributed by atoms with Gasteiger partial charge in [0.1, 0.15) is 0 Å². The molecular formula is C24H25N3O5. The number of nitrogens with one attached hydrogen (secondary N) is 2. The number of amides is 2. The van der Waals surface area contributed by atoms with E-state index in [1.54, 1.807) is 18.2 Å². The number of rotatable bonds is 8. The number of aromatic nitrogens is 1. The Morgan fingerprint density at radius 2 is 1.44 bits per heavy atom. The summed E-state index contributed by atoms with van der Waals surface area (Å²) in [7, 11) is 0. The maximum atomic E-state index is 12.5. The van der Waals surface area contributed by atoms with Gasteiger partial charge in [-0.25, -0.2) is 0 Å². The summed E-state index contributed by atoms with van der Waals surface area (Å²) in [6.07, 6.45) is 1.46. The third-order valence-electron chi connectivity index (χ3n) is 4.54. The topological polar surface area (TPSA) is 98.7 Å². The van der Waals surface area contributed by atoms with E-state index in [9.17, 15) is 14.4 Å². The molecule has 166 valence electrons. The average molecular weight is 435 g/mol. The first-order chi connectivity index (χ1) is 15.5. The highest BCUT2D eigenvalue weighted by Crippen LogP contribution is 2.28. The second-order valence-electron chi connectivity index (χ2n) is 6.81. The van der Waals surface area contributed by atoms with Gasteiger partial charge in [0.15, 0.2) is 11.5 Å². The summed E-state index contributed by atoms with van der Waals surface area (Å²) < 4.78 is 12.5. The Balaban J connectivity index is 1.67. The smallest absolute Gasteiger partial charge is 0.271 e. The van der Waals surface area contributed by atoms with Gasteiger partial charge in [0.2, 0.25) is 0 Å². The number of hydrogen-bond acceptors (Lipinski definition) is 5. The van der Waals surface area contributed by atoms with Crippen LogP contribution in [0.3, 0.4) is 0 Å². The van der Waals surface area contributed by atoms with Gasteiger partial charge in [-0.3, -0.25) is 25.2 Å². The van der Waals surface area contributed by atoms with E-state index in [2.05, 4.69) is 10.9 Å². The molecule has 3 aromatic rings. The summed E-state index contributed by atoms with van der Waals surface area (Å²) in [5.41, 5.74) is 5.99. The van der Waals surface area contributed by atoms with Crippen LogP contribution in [0, 0.1) is 0 Å². The number of carbonyl (C=O) groups excluding carboxylic acids is 2. The number of pyridine rings is 1. The van der Waals surface area contributed by atoms with Gasteiger partial charge in [-0.05, 0) is 43.7 Å². The predicted molar refractivity (Wildman–Crippen MR) is 120 cm³/mol. The van der Waals surface area contributed by atoms with Crippen molar-refractivity contribution >= 4 is 11.8 Å². The van der Waals surface area contributed by atoms with Crippen molar-refractivity contribution in [2.45, 2.75) is 20.4 Å². The first-order valence-electron chi connectivity index (χ1n) is 10.3. The van der Waals surface area contributed by atoms with E-state index in [0.717, 1.165) is 5.56 Å². The SMILES string of the molecule is CCOc1ccc(C(=O)NNC(=O)c2ccc(=O)n(Cc3ccccc3)c2)cc1OCC. The van der Waals surface area contributed by atoms with Crippen molar-refractivity contribution in [2.75, 3.05) is 13.2 Å². The van der Waals surface area contributed by atoms with E-state index in [1.165, 1.54) is 22.9 Å². The average Bonchev–Trinajstić information content (AvgIpc) is 2.81. The maximum absolute atomic E-state index is 12.5. The summed E-state index contributed by atoms with van der Waals surface area (Å²) in [5.74, 6) is -0.0759. The molecule has 0 aliphatic heterocycles. The van der Waals surface area contributed by atoms with Crippen LogP contribution < -0.4 is 25.9 Å². The highest BCUT2D eigenvalue weighted by atomic mass is 16.5. The van der Waals surface area contributed by atoms with Gasteiger partial charge in [-0.15, -0.1) is 0 Å². The van der Waals surface area contributed by atoms with E-state index < -0.39 is 11.8 Å². The lowest BCUT2D eigenvalue weighted by molar-refractivity contribution is 0.0846. The van der Waals surface area contributed by atoms with Gasteiger partial charge < -0.3 is 14.0 Å². The first-order valence-corrected chi connectivity index (χ1v) is 10.3. The number of nitrogens with zero attached hydrogens (tertiary/aromatic N) is 1. The zero-order valence-corrected chi connectivity index (χ0v) is 18.0. The number of benzene rings is 2. The van der Waals surface area contributed by atoms with Crippen LogP contribution in [0.5, 0.6) is 11.5 Å². The Morgan fingerprint density at radius 3 is 2.12 bits per heavy atom. The zero-order chi connectivity index (χ0) is 22.9. The van der Waals surface area contributed by atoms with Gasteiger partial charge in [0.05, 0.1) is 25.3 Å². The third-order valence-corrected chi connectivity index (χ3v) is 4.54. The molecule has 8 heteroatoms. The van der Waals surface area contributed by atoms with E-state index in [-0.39, 0.29) is 11.1 Å². The van der Waals surface area contributed by atoms with Crippen molar-refractivity contribution in [3.63, 3.8) is 0 Å². The third kappa shape index (κ3) is 5.75. The molecule has 0 aliphatic carbocycles. The molecule has 3 rings (SSSR count). The fourth-order valence-electron chi connectivity index (χ4n) is 3.02. The van der Waals surface area contributed by atoms with Crippen molar-refractivity contribution in [2.24, 2.45) is 0 Å². The molecule has 0 unspecified atom stereocenters. The molecule has 0 saturated heterocycles. The summed E-state index contributed by atoms with van der Waals surface area (Å²) in [6, 6.07) is 16.9. The van der Waals surface area contributed by atoms with Gasteiger partial charge in [0.25, 0.3) is 17.4 Å². The summed E-state index contributed by atoms with van der Waals surface area (Å²) >= 11 is 0. The molecule has 2 N–H and O–H groups in total. The minimum Gasteiger partial charge on any atom is -0.490 e. The summed E-state index contributed by atoms with van der Waals surface area (Å²) in [5, 5.41) is 0. The molecule has 0 spiro atoms. The normalized spacial score (nSPS) is 10.3. The lowest BCUT2D eigenvalue weighted by Crippen LogP contribution is -2.42. The number of carbonyl (C=O) groups is 2. The fourth-order valence-corrected chi connectivity index (χ4v) is 3.02. The predicted octanol–water partition coefficient (Wildman–Crippen LogP) is 2.77. The summed E-state index contributed by atoms with van der Waals surface area (Å²) in [6.45, 7) is 4.91. The zero-order valence-electron chi connectivity index (χ0n) is 18.0. The van der Waals surface area contributed by atoms with Crippen LogP contribution in [-0.4, -0.2) is 29.6 Å². The molecule has 0 saturated carbocycles. The number of hydrazine groups is 1. The molecule has 1 aromatic heterocycles. The summed E-state index contributed by atoms with van der Waals surface area (Å²) in [4.78, 5) is 37.2. The minimum atomic E-state index is -0.545. The van der Waals surface area contributed by atoms with Crippen LogP contribution in [0.15, 0.2) is 71.7 Å². The molecule has 32 heavy (non-hydrogen) atoms. The van der Waals surface area contributed by atoms with E-state index >= 15 is 0 Å². The Kier molecular flexibility index (Phi) is 7.64. The Bertz CT molecular complexity index is 1140. The lowest BCUT2D eigenvalue weighted by atomic mass is 10.2. The van der Waals surface area contributed by atoms with Crippen molar-refractivity contribution in [3.05, 3.63) is 93.9 Å². The van der Waals surface area contributed by atoms with Gasteiger partial charge >= 0.3 is 0 Å². The van der Waals surface area contributed by atoms with Gasteiger partial charge in [-0.1, -0.05) is 30.3 Å². The molecule has 0 aliphatic rings. The molecule has 8 nitrogen and oxygen atoms in total. The van der Waals surface area contributed by atoms with E-state index in [4.69, 9.17) is 9.47 Å². The molecule has 0 fully saturated rings. The second kappa shape index (κ2) is 10.8. The van der Waals surface area contributed by atoms with Crippen LogP contribution in [0.2, 0.25) is 0 Å². The molecule has 0 atom stereocenters. The highest BCUT2D eigenvalue weighted by molar-refractivity contribution is 5.99. The molecule has 0 bridgehead atoms. The van der Waals surface area contributed by atoms with Crippen LogP contribution in [0.25, 0.3) is 0 Å². The quantitative estimate of drug-likeness (QED) is 0.530. The van der Waals surface area contributed by atoms with Gasteiger partial charge in [0, 0.05) is 17.8 Å². The molecule has 2 aromatic carbocycles. The standard InChI is InChI=1S/C24H25N3O5/c1-3-31-20-12-10-18(14-21(20)32-4-2)23(29)25-26-24(30)19-11-13-22(28)27(16-19)15-17-8-6-5-7-9-17/h5-14,16H,3-4,15H2,1-2H3,(H,25,29)(H,26,30). The fraction of sp³-hybridized carbons (Fsp3) is 0.208. The van der Waals surface area contributed by atoms with Crippen molar-refractivity contribution in [3.8, 4) is 11.5 Å². The Hall–Kier alpha value is -4.07. The number of hydrogen-bond donors (Lipinski definition) is 2. The van der Waals surface area contributed by atoms with Crippen LogP contribution >= 0.6 is 0 Å². The van der Waals surface area contributed by atoms with E-state index in [0.29, 0.717) is 36.8 Å². The van der Waals surface area contributed by atoms with Crippen molar-refractivity contribution in [1.82, 2.24) is 15.4 Å². The molecule has 0 radical (unpaired) electrons. The van der Waals surface area contributed by atoms with Gasteiger partial charge in [-0.2, -0.15) is 0 Å². The Morgan fingerprint density at radius 1 is 0.812 bits per heavy atom. The monoisotopic (exact) mass is 435 g/mol. The second-order valence-corrected chi connectivity index (χ2v) is 6.81.